The minimum Gasteiger partial charge on any atom is -0.491 e. The molecule has 0 saturated heterocycles. The maximum Gasteiger partial charge on any atom is 0.416 e. The lowest BCUT2D eigenvalue weighted by Crippen LogP contribution is -2.14. The van der Waals surface area contributed by atoms with Crippen LogP contribution in [0.2, 0.25) is 0 Å². The lowest BCUT2D eigenvalue weighted by molar-refractivity contribution is -0.137. The third-order valence-electron chi connectivity index (χ3n) is 4.00. The standard InChI is InChI=1S/C21H19F3N2O3S/c1-2-9-28-19-8-5-15(21(22,23)24)10-18(19)26-20(27)14-3-6-17(7-4-14)29-11-16-12-30-13-25-16/h3-8,10,12-13H,2,9,11H2,1H3,(H,26,27). The first-order valence-electron chi connectivity index (χ1n) is 9.12. The molecule has 1 amide bonds. The smallest absolute Gasteiger partial charge is 0.416 e. The van der Waals surface area contributed by atoms with E-state index < -0.39 is 17.6 Å². The van der Waals surface area contributed by atoms with Gasteiger partial charge in [-0.3, -0.25) is 4.79 Å². The first-order chi connectivity index (χ1) is 14.4. The Morgan fingerprint density at radius 1 is 1.13 bits per heavy atom. The molecule has 1 aromatic heterocycles. The number of nitrogens with zero attached hydrogens (tertiary/aromatic N) is 1. The largest absolute Gasteiger partial charge is 0.491 e. The average Bonchev–Trinajstić information content (AvgIpc) is 3.24. The molecule has 3 rings (SSSR count). The SMILES string of the molecule is CCCOc1ccc(C(F)(F)F)cc1NC(=O)c1ccc(OCc2cscn2)cc1. The predicted octanol–water partition coefficient (Wildman–Crippen LogP) is 5.78. The summed E-state index contributed by atoms with van der Waals surface area (Å²) >= 11 is 1.47. The maximum absolute atomic E-state index is 13.1. The molecular weight excluding hydrogens is 417 g/mol. The van der Waals surface area contributed by atoms with Gasteiger partial charge in [-0.15, -0.1) is 11.3 Å². The van der Waals surface area contributed by atoms with Gasteiger partial charge < -0.3 is 14.8 Å². The Hall–Kier alpha value is -3.07. The molecule has 0 saturated carbocycles. The summed E-state index contributed by atoms with van der Waals surface area (Å²) in [6, 6.07) is 9.30. The number of nitrogens with one attached hydrogen (secondary N) is 1. The number of ether oxygens (including phenoxy) is 2. The van der Waals surface area contributed by atoms with E-state index in [0.717, 1.165) is 17.8 Å². The quantitative estimate of drug-likeness (QED) is 0.486. The number of benzene rings is 2. The summed E-state index contributed by atoms with van der Waals surface area (Å²) in [7, 11) is 0. The van der Waals surface area contributed by atoms with Crippen LogP contribution in [0.3, 0.4) is 0 Å². The topological polar surface area (TPSA) is 60.5 Å². The Bertz CT molecular complexity index is 974. The van der Waals surface area contributed by atoms with Crippen molar-refractivity contribution in [2.45, 2.75) is 26.1 Å². The molecule has 0 bridgehead atoms. The summed E-state index contributed by atoms with van der Waals surface area (Å²) in [4.78, 5) is 16.7. The molecule has 3 aromatic rings. The predicted molar refractivity (Wildman–Crippen MR) is 108 cm³/mol. The molecule has 0 aliphatic rings. The molecule has 0 atom stereocenters. The third kappa shape index (κ3) is 5.73. The minimum atomic E-state index is -4.53. The van der Waals surface area contributed by atoms with E-state index in [2.05, 4.69) is 10.3 Å². The summed E-state index contributed by atoms with van der Waals surface area (Å²) in [5.41, 5.74) is 1.87. The van der Waals surface area contributed by atoms with Crippen molar-refractivity contribution < 1.29 is 27.4 Å². The Morgan fingerprint density at radius 3 is 2.53 bits per heavy atom. The number of amides is 1. The second kappa shape index (κ2) is 9.62. The van der Waals surface area contributed by atoms with Crippen LogP contribution in [0.15, 0.2) is 53.4 Å². The number of halogens is 3. The Labute approximate surface area is 175 Å². The molecule has 0 unspecified atom stereocenters. The summed E-state index contributed by atoms with van der Waals surface area (Å²) in [5.74, 6) is 0.175. The van der Waals surface area contributed by atoms with Gasteiger partial charge in [-0.05, 0) is 48.9 Å². The zero-order valence-electron chi connectivity index (χ0n) is 16.0. The second-order valence-electron chi connectivity index (χ2n) is 6.30. The Morgan fingerprint density at radius 2 is 1.90 bits per heavy atom. The molecule has 1 heterocycles. The van der Waals surface area contributed by atoms with Gasteiger partial charge in [0.1, 0.15) is 18.1 Å². The van der Waals surface area contributed by atoms with E-state index in [1.54, 1.807) is 17.6 Å². The Kier molecular flexibility index (Phi) is 6.94. The number of aromatic nitrogens is 1. The van der Waals surface area contributed by atoms with Crippen LogP contribution in [-0.2, 0) is 12.8 Å². The highest BCUT2D eigenvalue weighted by Crippen LogP contribution is 2.35. The molecule has 0 spiro atoms. The van der Waals surface area contributed by atoms with Gasteiger partial charge >= 0.3 is 6.18 Å². The van der Waals surface area contributed by atoms with Gasteiger partial charge in [0.2, 0.25) is 0 Å². The highest BCUT2D eigenvalue weighted by Gasteiger charge is 2.31. The molecular formula is C21H19F3N2O3S. The molecule has 30 heavy (non-hydrogen) atoms. The van der Waals surface area contributed by atoms with E-state index in [0.29, 0.717) is 25.4 Å². The molecule has 2 aromatic carbocycles. The fraction of sp³-hybridized carbons (Fsp3) is 0.238. The zero-order chi connectivity index (χ0) is 21.6. The normalized spacial score (nSPS) is 11.2. The number of carbonyl (C=O) groups excluding carboxylic acids is 1. The molecule has 0 fully saturated rings. The first kappa shape index (κ1) is 21.6. The van der Waals surface area contributed by atoms with Gasteiger partial charge in [0.15, 0.2) is 0 Å². The van der Waals surface area contributed by atoms with Crippen molar-refractivity contribution >= 4 is 22.9 Å². The third-order valence-corrected chi connectivity index (χ3v) is 4.64. The van der Waals surface area contributed by atoms with Crippen LogP contribution < -0.4 is 14.8 Å². The van der Waals surface area contributed by atoms with Crippen LogP contribution in [-0.4, -0.2) is 17.5 Å². The second-order valence-corrected chi connectivity index (χ2v) is 7.02. The van der Waals surface area contributed by atoms with Crippen LogP contribution in [0.25, 0.3) is 0 Å². The fourth-order valence-electron chi connectivity index (χ4n) is 2.50. The van der Waals surface area contributed by atoms with Crippen LogP contribution in [0.1, 0.15) is 35.0 Å². The lowest BCUT2D eigenvalue weighted by atomic mass is 10.1. The van der Waals surface area contributed by atoms with E-state index in [9.17, 15) is 18.0 Å². The van der Waals surface area contributed by atoms with Crippen LogP contribution in [0.5, 0.6) is 11.5 Å². The van der Waals surface area contributed by atoms with E-state index in [1.165, 1.54) is 29.5 Å². The molecule has 0 aliphatic heterocycles. The zero-order valence-corrected chi connectivity index (χ0v) is 16.8. The number of carbonyl (C=O) groups is 1. The molecule has 158 valence electrons. The van der Waals surface area contributed by atoms with Crippen molar-refractivity contribution in [3.05, 3.63) is 70.2 Å². The Balaban J connectivity index is 1.72. The van der Waals surface area contributed by atoms with E-state index in [4.69, 9.17) is 9.47 Å². The maximum atomic E-state index is 13.1. The van der Waals surface area contributed by atoms with Gasteiger partial charge in [-0.1, -0.05) is 6.92 Å². The van der Waals surface area contributed by atoms with Crippen LogP contribution in [0.4, 0.5) is 18.9 Å². The fourth-order valence-corrected chi connectivity index (χ4v) is 3.05. The van der Waals surface area contributed by atoms with Gasteiger partial charge in [0.25, 0.3) is 5.91 Å². The lowest BCUT2D eigenvalue weighted by Gasteiger charge is -2.15. The van der Waals surface area contributed by atoms with Crippen molar-refractivity contribution in [1.29, 1.82) is 0 Å². The van der Waals surface area contributed by atoms with Gasteiger partial charge in [0, 0.05) is 10.9 Å². The minimum absolute atomic E-state index is 0.0351. The van der Waals surface area contributed by atoms with E-state index in [-0.39, 0.29) is 17.0 Å². The van der Waals surface area contributed by atoms with Gasteiger partial charge in [0.05, 0.1) is 29.1 Å². The number of hydrogen-bond acceptors (Lipinski definition) is 5. The highest BCUT2D eigenvalue weighted by molar-refractivity contribution is 7.07. The summed E-state index contributed by atoms with van der Waals surface area (Å²) < 4.78 is 50.2. The summed E-state index contributed by atoms with van der Waals surface area (Å²) in [6.45, 7) is 2.50. The van der Waals surface area contributed by atoms with Crippen LogP contribution >= 0.6 is 11.3 Å². The van der Waals surface area contributed by atoms with Crippen molar-refractivity contribution in [1.82, 2.24) is 4.98 Å². The molecule has 5 nitrogen and oxygen atoms in total. The highest BCUT2D eigenvalue weighted by atomic mass is 32.1. The van der Waals surface area contributed by atoms with E-state index >= 15 is 0 Å². The number of hydrogen-bond donors (Lipinski definition) is 1. The van der Waals surface area contributed by atoms with Gasteiger partial charge in [-0.2, -0.15) is 13.2 Å². The number of alkyl halides is 3. The number of anilines is 1. The van der Waals surface area contributed by atoms with Crippen molar-refractivity contribution in [2.75, 3.05) is 11.9 Å². The van der Waals surface area contributed by atoms with Crippen LogP contribution in [0, 0.1) is 0 Å². The van der Waals surface area contributed by atoms with Gasteiger partial charge in [-0.25, -0.2) is 4.98 Å². The van der Waals surface area contributed by atoms with E-state index in [1.807, 2.05) is 12.3 Å². The number of rotatable bonds is 8. The first-order valence-corrected chi connectivity index (χ1v) is 10.1. The van der Waals surface area contributed by atoms with Crippen molar-refractivity contribution in [3.8, 4) is 11.5 Å². The van der Waals surface area contributed by atoms with Crippen molar-refractivity contribution in [3.63, 3.8) is 0 Å². The average molecular weight is 436 g/mol. The monoisotopic (exact) mass is 436 g/mol. The summed E-state index contributed by atoms with van der Waals surface area (Å²) in [5, 5.41) is 4.38. The van der Waals surface area contributed by atoms with Crippen molar-refractivity contribution in [2.24, 2.45) is 0 Å². The summed E-state index contributed by atoms with van der Waals surface area (Å²) in [6.07, 6.45) is -3.85. The molecule has 0 aliphatic carbocycles. The molecule has 1 N–H and O–H groups in total. The molecule has 9 heteroatoms. The molecule has 0 radical (unpaired) electrons. The number of thiazole rings is 1.